The van der Waals surface area contributed by atoms with E-state index in [4.69, 9.17) is 0 Å². The van der Waals surface area contributed by atoms with Gasteiger partial charge in [0.05, 0.1) is 0 Å². The predicted octanol–water partition coefficient (Wildman–Crippen LogP) is 3.64. The summed E-state index contributed by atoms with van der Waals surface area (Å²) in [5.41, 5.74) is -1.99. The number of aliphatic hydroxyl groups is 1. The van der Waals surface area contributed by atoms with E-state index < -0.39 is 17.7 Å². The molecule has 2 atom stereocenters. The highest BCUT2D eigenvalue weighted by Gasteiger charge is 2.59. The van der Waals surface area contributed by atoms with Crippen LogP contribution in [0.15, 0.2) is 30.3 Å². The van der Waals surface area contributed by atoms with Gasteiger partial charge in [-0.1, -0.05) is 43.2 Å². The lowest BCUT2D eigenvalue weighted by Crippen LogP contribution is -2.51. The van der Waals surface area contributed by atoms with Crippen molar-refractivity contribution in [2.75, 3.05) is 0 Å². The summed E-state index contributed by atoms with van der Waals surface area (Å²) in [5, 5.41) is 10.00. The summed E-state index contributed by atoms with van der Waals surface area (Å²) in [4.78, 5) is 0. The fourth-order valence-electron chi connectivity index (χ4n) is 2.62. The molecule has 1 fully saturated rings. The minimum absolute atomic E-state index is 0.198. The van der Waals surface area contributed by atoms with Gasteiger partial charge in [-0.2, -0.15) is 13.2 Å². The Morgan fingerprint density at radius 2 is 1.76 bits per heavy atom. The van der Waals surface area contributed by atoms with Gasteiger partial charge in [0.1, 0.15) is 0 Å². The summed E-state index contributed by atoms with van der Waals surface area (Å²) in [6.45, 7) is 0. The summed E-state index contributed by atoms with van der Waals surface area (Å²) in [6, 6.07) is 8.50. The van der Waals surface area contributed by atoms with Gasteiger partial charge in [0, 0.05) is 5.92 Å². The lowest BCUT2D eigenvalue weighted by Gasteiger charge is -2.41. The average molecular weight is 244 g/mol. The highest BCUT2D eigenvalue weighted by molar-refractivity contribution is 5.24. The Labute approximate surface area is 98.3 Å². The lowest BCUT2D eigenvalue weighted by atomic mass is 9.71. The molecule has 2 unspecified atom stereocenters. The Balaban J connectivity index is 2.37. The van der Waals surface area contributed by atoms with Crippen molar-refractivity contribution in [3.05, 3.63) is 35.9 Å². The van der Waals surface area contributed by atoms with Crippen molar-refractivity contribution in [3.63, 3.8) is 0 Å². The maximum atomic E-state index is 13.0. The van der Waals surface area contributed by atoms with Crippen LogP contribution in [0, 0.1) is 0 Å². The van der Waals surface area contributed by atoms with Crippen LogP contribution in [0.25, 0.3) is 0 Å². The number of halogens is 3. The van der Waals surface area contributed by atoms with Gasteiger partial charge in [-0.3, -0.25) is 0 Å². The number of rotatable bonds is 1. The van der Waals surface area contributed by atoms with E-state index in [0.717, 1.165) is 6.42 Å². The predicted molar refractivity (Wildman–Crippen MR) is 58.7 cm³/mol. The molecule has 1 nitrogen and oxygen atoms in total. The van der Waals surface area contributed by atoms with Gasteiger partial charge in [-0.15, -0.1) is 0 Å². The molecule has 1 aliphatic rings. The van der Waals surface area contributed by atoms with Gasteiger partial charge >= 0.3 is 6.18 Å². The Morgan fingerprint density at radius 3 is 2.35 bits per heavy atom. The number of hydrogen-bond donors (Lipinski definition) is 1. The average Bonchev–Trinajstić information content (AvgIpc) is 2.29. The molecule has 0 radical (unpaired) electrons. The van der Waals surface area contributed by atoms with Gasteiger partial charge in [-0.25, -0.2) is 0 Å². The van der Waals surface area contributed by atoms with E-state index in [9.17, 15) is 18.3 Å². The molecule has 1 aromatic rings. The molecular weight excluding hydrogens is 229 g/mol. The molecule has 0 saturated heterocycles. The summed E-state index contributed by atoms with van der Waals surface area (Å²) < 4.78 is 39.0. The first-order chi connectivity index (χ1) is 7.95. The van der Waals surface area contributed by atoms with Crippen LogP contribution in [0.4, 0.5) is 13.2 Å². The molecule has 0 aliphatic heterocycles. The fourth-order valence-corrected chi connectivity index (χ4v) is 2.62. The lowest BCUT2D eigenvalue weighted by molar-refractivity contribution is -0.277. The van der Waals surface area contributed by atoms with Crippen molar-refractivity contribution in [1.29, 1.82) is 0 Å². The van der Waals surface area contributed by atoms with Crippen molar-refractivity contribution in [3.8, 4) is 0 Å². The van der Waals surface area contributed by atoms with Gasteiger partial charge in [0.15, 0.2) is 5.60 Å². The molecule has 0 heterocycles. The van der Waals surface area contributed by atoms with E-state index in [1.54, 1.807) is 30.3 Å². The first kappa shape index (κ1) is 12.4. The fraction of sp³-hybridized carbons (Fsp3) is 0.538. The van der Waals surface area contributed by atoms with Crippen LogP contribution in [-0.2, 0) is 0 Å². The summed E-state index contributed by atoms with van der Waals surface area (Å²) in [7, 11) is 0. The molecule has 2 rings (SSSR count). The third kappa shape index (κ3) is 2.18. The highest BCUT2D eigenvalue weighted by atomic mass is 19.4. The van der Waals surface area contributed by atoms with Crippen molar-refractivity contribution < 1.29 is 18.3 Å². The maximum Gasteiger partial charge on any atom is 0.417 e. The molecule has 0 spiro atoms. The molecule has 4 heteroatoms. The maximum absolute atomic E-state index is 13.0. The molecule has 0 bridgehead atoms. The normalized spacial score (nSPS) is 30.2. The largest absolute Gasteiger partial charge is 0.417 e. The SMILES string of the molecule is OC1(C(F)(F)F)CCCCC1c1ccccc1. The molecule has 1 aliphatic carbocycles. The molecule has 1 N–H and O–H groups in total. The molecule has 94 valence electrons. The number of hydrogen-bond acceptors (Lipinski definition) is 1. The third-order valence-electron chi connectivity index (χ3n) is 3.57. The van der Waals surface area contributed by atoms with Crippen molar-refractivity contribution in [2.45, 2.75) is 43.4 Å². The van der Waals surface area contributed by atoms with Crippen molar-refractivity contribution in [2.24, 2.45) is 0 Å². The van der Waals surface area contributed by atoms with Gasteiger partial charge in [-0.05, 0) is 18.4 Å². The van der Waals surface area contributed by atoms with Gasteiger partial charge in [0.25, 0.3) is 0 Å². The standard InChI is InChI=1S/C13H15F3O/c14-13(15,16)12(17)9-5-4-8-11(12)10-6-2-1-3-7-10/h1-3,6-7,11,17H,4-5,8-9H2. The minimum Gasteiger partial charge on any atom is -0.380 e. The Hall–Kier alpha value is -1.03. The first-order valence-electron chi connectivity index (χ1n) is 5.79. The quantitative estimate of drug-likeness (QED) is 0.799. The minimum atomic E-state index is -4.56. The van der Waals surface area contributed by atoms with Crippen LogP contribution < -0.4 is 0 Å². The Bertz CT molecular complexity index is 374. The topological polar surface area (TPSA) is 20.2 Å². The molecule has 17 heavy (non-hydrogen) atoms. The van der Waals surface area contributed by atoms with Crippen LogP contribution in [0.3, 0.4) is 0 Å². The summed E-state index contributed by atoms with van der Waals surface area (Å²) in [5.74, 6) is -0.836. The zero-order valence-electron chi connectivity index (χ0n) is 9.37. The van der Waals surface area contributed by atoms with E-state index >= 15 is 0 Å². The first-order valence-corrected chi connectivity index (χ1v) is 5.79. The van der Waals surface area contributed by atoms with Crippen LogP contribution in [0.2, 0.25) is 0 Å². The molecule has 0 amide bonds. The van der Waals surface area contributed by atoms with Crippen molar-refractivity contribution >= 4 is 0 Å². The third-order valence-corrected chi connectivity index (χ3v) is 3.57. The van der Waals surface area contributed by atoms with Crippen LogP contribution >= 0.6 is 0 Å². The molecule has 0 aromatic heterocycles. The van der Waals surface area contributed by atoms with E-state index in [1.807, 2.05) is 0 Å². The zero-order chi connectivity index (χ0) is 12.5. The van der Waals surface area contributed by atoms with Gasteiger partial charge in [0.2, 0.25) is 0 Å². The number of benzene rings is 1. The monoisotopic (exact) mass is 244 g/mol. The molecule has 1 saturated carbocycles. The smallest absolute Gasteiger partial charge is 0.380 e. The van der Waals surface area contributed by atoms with Crippen molar-refractivity contribution in [1.82, 2.24) is 0 Å². The van der Waals surface area contributed by atoms with Crippen LogP contribution in [0.5, 0.6) is 0 Å². The summed E-state index contributed by atoms with van der Waals surface area (Å²) in [6.07, 6.45) is -3.21. The zero-order valence-corrected chi connectivity index (χ0v) is 9.37. The van der Waals surface area contributed by atoms with E-state index in [0.29, 0.717) is 18.4 Å². The van der Waals surface area contributed by atoms with E-state index in [1.165, 1.54) is 0 Å². The van der Waals surface area contributed by atoms with Crippen LogP contribution in [-0.4, -0.2) is 16.9 Å². The second kappa shape index (κ2) is 4.33. The second-order valence-electron chi connectivity index (χ2n) is 4.63. The number of alkyl halides is 3. The Morgan fingerprint density at radius 1 is 1.12 bits per heavy atom. The van der Waals surface area contributed by atoms with Crippen LogP contribution in [0.1, 0.15) is 37.2 Å². The highest BCUT2D eigenvalue weighted by Crippen LogP contribution is 2.49. The van der Waals surface area contributed by atoms with E-state index in [2.05, 4.69) is 0 Å². The summed E-state index contributed by atoms with van der Waals surface area (Å²) >= 11 is 0. The molecule has 1 aromatic carbocycles. The van der Waals surface area contributed by atoms with E-state index in [-0.39, 0.29) is 6.42 Å². The molecular formula is C13H15F3O. The van der Waals surface area contributed by atoms with Gasteiger partial charge < -0.3 is 5.11 Å². The Kier molecular flexibility index (Phi) is 3.17. The second-order valence-corrected chi connectivity index (χ2v) is 4.63.